The molecule has 152 valence electrons. The quantitative estimate of drug-likeness (QED) is 0.277. The lowest BCUT2D eigenvalue weighted by Crippen LogP contribution is -2.29. The zero-order valence-corrected chi connectivity index (χ0v) is 17.5. The van der Waals surface area contributed by atoms with E-state index in [2.05, 4.69) is 4.98 Å². The Balaban J connectivity index is 1.73. The lowest BCUT2D eigenvalue weighted by Gasteiger charge is -2.22. The van der Waals surface area contributed by atoms with Crippen molar-refractivity contribution >= 4 is 44.1 Å². The number of aliphatic hydroxyl groups is 1. The number of carbonyl (C=O) groups excluding carboxylic acids is 2. The van der Waals surface area contributed by atoms with Gasteiger partial charge in [-0.15, -0.1) is 0 Å². The number of amides is 1. The van der Waals surface area contributed by atoms with Crippen LogP contribution < -0.4 is 4.90 Å². The van der Waals surface area contributed by atoms with Crippen LogP contribution in [0.1, 0.15) is 22.7 Å². The first-order chi connectivity index (χ1) is 15.0. The second-order valence-electron chi connectivity index (χ2n) is 7.41. The SMILES string of the molecule is Cc1ccc(/C(O)=C2\C(=O)C(=O)N(c3nc4ccccc4s3)C2c2ccccc2)cc1. The van der Waals surface area contributed by atoms with Crippen LogP contribution in [0.4, 0.5) is 5.13 Å². The van der Waals surface area contributed by atoms with E-state index in [1.807, 2.05) is 73.7 Å². The zero-order valence-electron chi connectivity index (χ0n) is 16.6. The summed E-state index contributed by atoms with van der Waals surface area (Å²) in [6.07, 6.45) is 0. The summed E-state index contributed by atoms with van der Waals surface area (Å²) >= 11 is 1.35. The predicted molar refractivity (Wildman–Crippen MR) is 122 cm³/mol. The minimum Gasteiger partial charge on any atom is -0.507 e. The maximum absolute atomic E-state index is 13.2. The van der Waals surface area contributed by atoms with Crippen LogP contribution in [0.15, 0.2) is 84.4 Å². The Morgan fingerprint density at radius 1 is 0.935 bits per heavy atom. The largest absolute Gasteiger partial charge is 0.507 e. The van der Waals surface area contributed by atoms with Crippen LogP contribution in [-0.2, 0) is 9.59 Å². The Morgan fingerprint density at radius 2 is 1.61 bits per heavy atom. The van der Waals surface area contributed by atoms with Crippen LogP contribution in [0.2, 0.25) is 0 Å². The second-order valence-corrected chi connectivity index (χ2v) is 8.42. The number of hydrogen-bond donors (Lipinski definition) is 1. The molecule has 0 aliphatic carbocycles. The Morgan fingerprint density at radius 3 is 2.32 bits per heavy atom. The van der Waals surface area contributed by atoms with Gasteiger partial charge in [0.25, 0.3) is 5.78 Å². The van der Waals surface area contributed by atoms with Crippen molar-refractivity contribution in [1.29, 1.82) is 0 Å². The number of aliphatic hydroxyl groups excluding tert-OH is 1. The molecule has 1 fully saturated rings. The van der Waals surface area contributed by atoms with Crippen molar-refractivity contribution in [1.82, 2.24) is 4.98 Å². The van der Waals surface area contributed by atoms with Crippen LogP contribution in [0.3, 0.4) is 0 Å². The molecular formula is C25H18N2O3S. The predicted octanol–water partition coefficient (Wildman–Crippen LogP) is 5.23. The van der Waals surface area contributed by atoms with Crippen molar-refractivity contribution in [3.63, 3.8) is 0 Å². The highest BCUT2D eigenvalue weighted by molar-refractivity contribution is 7.22. The third-order valence-electron chi connectivity index (χ3n) is 5.37. The third kappa shape index (κ3) is 3.21. The van der Waals surface area contributed by atoms with Gasteiger partial charge >= 0.3 is 5.91 Å². The summed E-state index contributed by atoms with van der Waals surface area (Å²) in [7, 11) is 0. The van der Waals surface area contributed by atoms with Crippen LogP contribution in [0.25, 0.3) is 16.0 Å². The van der Waals surface area contributed by atoms with Gasteiger partial charge in [0.2, 0.25) is 0 Å². The molecule has 0 radical (unpaired) electrons. The van der Waals surface area contributed by atoms with Crippen LogP contribution >= 0.6 is 11.3 Å². The Hall–Kier alpha value is -3.77. The number of thiazole rings is 1. The molecule has 0 saturated carbocycles. The van der Waals surface area contributed by atoms with Gasteiger partial charge in [-0.1, -0.05) is 83.6 Å². The topological polar surface area (TPSA) is 70.5 Å². The smallest absolute Gasteiger partial charge is 0.301 e. The highest BCUT2D eigenvalue weighted by Gasteiger charge is 2.48. The molecule has 1 amide bonds. The van der Waals surface area contributed by atoms with Crippen LogP contribution in [0, 0.1) is 6.92 Å². The van der Waals surface area contributed by atoms with Crippen LogP contribution in [0.5, 0.6) is 0 Å². The molecule has 2 heterocycles. The number of nitrogens with zero attached hydrogens (tertiary/aromatic N) is 2. The lowest BCUT2D eigenvalue weighted by atomic mass is 9.95. The minimum atomic E-state index is -0.761. The number of Topliss-reactive ketones (excluding diaryl/α,β-unsaturated/α-hetero) is 1. The van der Waals surface area contributed by atoms with Gasteiger partial charge in [-0.25, -0.2) is 4.98 Å². The van der Waals surface area contributed by atoms with E-state index >= 15 is 0 Å². The number of fused-ring (bicyclic) bond motifs is 1. The lowest BCUT2D eigenvalue weighted by molar-refractivity contribution is -0.132. The van der Waals surface area contributed by atoms with Gasteiger partial charge in [0.15, 0.2) is 5.13 Å². The van der Waals surface area contributed by atoms with E-state index in [0.29, 0.717) is 10.7 Å². The molecule has 0 spiro atoms. The molecule has 4 aromatic rings. The van der Waals surface area contributed by atoms with E-state index in [4.69, 9.17) is 0 Å². The van der Waals surface area contributed by atoms with Gasteiger partial charge in [-0.05, 0) is 24.6 Å². The number of rotatable bonds is 3. The van der Waals surface area contributed by atoms with Crippen LogP contribution in [-0.4, -0.2) is 21.8 Å². The van der Waals surface area contributed by atoms with Gasteiger partial charge in [-0.3, -0.25) is 14.5 Å². The van der Waals surface area contributed by atoms with Gasteiger partial charge in [-0.2, -0.15) is 0 Å². The minimum absolute atomic E-state index is 0.0688. The van der Waals surface area contributed by atoms with E-state index in [9.17, 15) is 14.7 Å². The summed E-state index contributed by atoms with van der Waals surface area (Å²) in [5.41, 5.74) is 3.09. The van der Waals surface area contributed by atoms with Crippen molar-refractivity contribution in [3.05, 3.63) is 101 Å². The number of para-hydroxylation sites is 1. The average molecular weight is 426 g/mol. The molecule has 31 heavy (non-hydrogen) atoms. The number of aryl methyl sites for hydroxylation is 1. The number of anilines is 1. The maximum atomic E-state index is 13.2. The molecule has 1 atom stereocenters. The molecule has 1 aliphatic heterocycles. The van der Waals surface area contributed by atoms with Crippen molar-refractivity contribution in [3.8, 4) is 0 Å². The maximum Gasteiger partial charge on any atom is 0.301 e. The van der Waals surface area contributed by atoms with Gasteiger partial charge in [0.05, 0.1) is 21.8 Å². The molecule has 3 aromatic carbocycles. The molecule has 1 aliphatic rings. The summed E-state index contributed by atoms with van der Waals surface area (Å²) in [4.78, 5) is 32.3. The number of hydrogen-bond acceptors (Lipinski definition) is 5. The number of aromatic nitrogens is 1. The first kappa shape index (κ1) is 19.2. The van der Waals surface area contributed by atoms with Crippen molar-refractivity contribution in [2.45, 2.75) is 13.0 Å². The van der Waals surface area contributed by atoms with E-state index in [-0.39, 0.29) is 11.3 Å². The van der Waals surface area contributed by atoms with Gasteiger partial charge in [0, 0.05) is 5.56 Å². The fourth-order valence-corrected chi connectivity index (χ4v) is 4.80. The molecule has 5 nitrogen and oxygen atoms in total. The highest BCUT2D eigenvalue weighted by atomic mass is 32.1. The molecule has 1 unspecified atom stereocenters. The Kier molecular flexibility index (Phi) is 4.64. The summed E-state index contributed by atoms with van der Waals surface area (Å²) < 4.78 is 0.921. The zero-order chi connectivity index (χ0) is 21.5. The normalized spacial score (nSPS) is 18.1. The van der Waals surface area contributed by atoms with Gasteiger partial charge < -0.3 is 5.11 Å². The van der Waals surface area contributed by atoms with E-state index < -0.39 is 17.7 Å². The molecular weight excluding hydrogens is 408 g/mol. The van der Waals surface area contributed by atoms with Crippen molar-refractivity contribution in [2.75, 3.05) is 4.90 Å². The third-order valence-corrected chi connectivity index (χ3v) is 6.41. The van der Waals surface area contributed by atoms with Gasteiger partial charge in [0.1, 0.15) is 5.76 Å². The Labute approximate surface area is 182 Å². The number of ketones is 1. The standard InChI is InChI=1S/C25H18N2O3S/c1-15-11-13-17(14-12-15)22(28)20-21(16-7-3-2-4-8-16)27(24(30)23(20)29)25-26-18-9-5-6-10-19(18)31-25/h2-14,21,28H,1H3/b22-20+. The van der Waals surface area contributed by atoms with Crippen molar-refractivity contribution < 1.29 is 14.7 Å². The monoisotopic (exact) mass is 426 g/mol. The molecule has 1 N–H and O–H groups in total. The fourth-order valence-electron chi connectivity index (χ4n) is 3.81. The number of carbonyl (C=O) groups is 2. The molecule has 1 aromatic heterocycles. The summed E-state index contributed by atoms with van der Waals surface area (Å²) in [5, 5.41) is 11.5. The second kappa shape index (κ2) is 7.49. The number of benzene rings is 3. The fraction of sp³-hybridized carbons (Fsp3) is 0.0800. The van der Waals surface area contributed by atoms with E-state index in [1.165, 1.54) is 16.2 Å². The first-order valence-electron chi connectivity index (χ1n) is 9.83. The average Bonchev–Trinajstić information content (AvgIpc) is 3.33. The van der Waals surface area contributed by atoms with E-state index in [0.717, 1.165) is 21.3 Å². The highest BCUT2D eigenvalue weighted by Crippen LogP contribution is 2.44. The van der Waals surface area contributed by atoms with E-state index in [1.54, 1.807) is 12.1 Å². The molecule has 1 saturated heterocycles. The summed E-state index contributed by atoms with van der Waals surface area (Å²) in [5.74, 6) is -1.59. The molecule has 5 rings (SSSR count). The van der Waals surface area contributed by atoms with Crippen molar-refractivity contribution in [2.24, 2.45) is 0 Å². The first-order valence-corrected chi connectivity index (χ1v) is 10.6. The summed E-state index contributed by atoms with van der Waals surface area (Å²) in [6, 6.07) is 23.3. The molecule has 6 heteroatoms. The molecule has 0 bridgehead atoms. The Bertz CT molecular complexity index is 1310. The summed E-state index contributed by atoms with van der Waals surface area (Å²) in [6.45, 7) is 1.94.